The number of benzene rings is 1. The Labute approximate surface area is 137 Å². The molecule has 0 aliphatic carbocycles. The summed E-state index contributed by atoms with van der Waals surface area (Å²) < 4.78 is 11.8. The highest BCUT2D eigenvalue weighted by atomic mass is 79.9. The van der Waals surface area contributed by atoms with Gasteiger partial charge in [-0.15, -0.1) is 11.3 Å². The minimum Gasteiger partial charge on any atom is -0.493 e. The van der Waals surface area contributed by atoms with Crippen molar-refractivity contribution in [2.24, 2.45) is 0 Å². The number of ether oxygens (including phenoxy) is 2. The van der Waals surface area contributed by atoms with Crippen LogP contribution in [0.1, 0.15) is 22.0 Å². The van der Waals surface area contributed by atoms with E-state index in [4.69, 9.17) is 9.47 Å². The van der Waals surface area contributed by atoms with E-state index in [0.29, 0.717) is 6.04 Å². The molecule has 2 aromatic rings. The van der Waals surface area contributed by atoms with Crippen LogP contribution in [0.5, 0.6) is 11.5 Å². The van der Waals surface area contributed by atoms with Gasteiger partial charge in [-0.3, -0.25) is 0 Å². The summed E-state index contributed by atoms with van der Waals surface area (Å²) in [6.45, 7) is 1.04. The number of fused-ring (bicyclic) bond motifs is 1. The quantitative estimate of drug-likeness (QED) is 0.886. The van der Waals surface area contributed by atoms with Gasteiger partial charge >= 0.3 is 0 Å². The maximum Gasteiger partial charge on any atom is 0.161 e. The van der Waals surface area contributed by atoms with Gasteiger partial charge in [0.25, 0.3) is 0 Å². The third-order valence-electron chi connectivity index (χ3n) is 3.86. The molecule has 0 saturated carbocycles. The van der Waals surface area contributed by atoms with E-state index in [9.17, 15) is 0 Å². The summed E-state index contributed by atoms with van der Waals surface area (Å²) in [7, 11) is 3.33. The molecule has 3 nitrogen and oxygen atoms in total. The van der Waals surface area contributed by atoms with Crippen LogP contribution >= 0.6 is 27.3 Å². The van der Waals surface area contributed by atoms with E-state index >= 15 is 0 Å². The molecule has 5 heteroatoms. The van der Waals surface area contributed by atoms with Gasteiger partial charge in [0.05, 0.1) is 14.2 Å². The maximum atomic E-state index is 5.41. The van der Waals surface area contributed by atoms with Crippen molar-refractivity contribution in [3.05, 3.63) is 44.1 Å². The molecule has 0 bridgehead atoms. The molecule has 1 N–H and O–H groups in total. The van der Waals surface area contributed by atoms with Crippen molar-refractivity contribution in [2.75, 3.05) is 20.8 Å². The molecule has 112 valence electrons. The lowest BCUT2D eigenvalue weighted by Crippen LogP contribution is -2.30. The van der Waals surface area contributed by atoms with Gasteiger partial charge < -0.3 is 14.8 Å². The van der Waals surface area contributed by atoms with Crippen LogP contribution in [-0.2, 0) is 12.8 Å². The molecular formula is C16H18BrNO2S. The summed E-state index contributed by atoms with van der Waals surface area (Å²) >= 11 is 5.49. The van der Waals surface area contributed by atoms with Crippen LogP contribution in [0.15, 0.2) is 28.1 Å². The first-order valence-electron chi connectivity index (χ1n) is 6.93. The van der Waals surface area contributed by atoms with E-state index in [-0.39, 0.29) is 0 Å². The van der Waals surface area contributed by atoms with E-state index in [1.807, 2.05) is 17.4 Å². The van der Waals surface area contributed by atoms with Gasteiger partial charge in [-0.05, 0) is 54.1 Å². The summed E-state index contributed by atoms with van der Waals surface area (Å²) in [4.78, 5) is 1.46. The lowest BCUT2D eigenvalue weighted by atomic mass is 9.97. The first kappa shape index (κ1) is 14.9. The van der Waals surface area contributed by atoms with Crippen LogP contribution in [-0.4, -0.2) is 20.8 Å². The zero-order valence-corrected chi connectivity index (χ0v) is 14.5. The van der Waals surface area contributed by atoms with E-state index in [0.717, 1.165) is 35.4 Å². The Balaban J connectivity index is 1.89. The summed E-state index contributed by atoms with van der Waals surface area (Å²) in [6.07, 6.45) is 2.07. The Kier molecular flexibility index (Phi) is 4.52. The first-order chi connectivity index (χ1) is 10.2. The average Bonchev–Trinajstić information content (AvgIpc) is 2.98. The van der Waals surface area contributed by atoms with E-state index in [1.165, 1.54) is 16.0 Å². The fourth-order valence-electron chi connectivity index (χ4n) is 2.77. The Morgan fingerprint density at radius 2 is 2.05 bits per heavy atom. The monoisotopic (exact) mass is 367 g/mol. The van der Waals surface area contributed by atoms with Gasteiger partial charge in [-0.25, -0.2) is 0 Å². The van der Waals surface area contributed by atoms with Crippen LogP contribution in [0.3, 0.4) is 0 Å². The molecule has 0 radical (unpaired) electrons. The van der Waals surface area contributed by atoms with Crippen molar-refractivity contribution in [2.45, 2.75) is 18.9 Å². The van der Waals surface area contributed by atoms with Gasteiger partial charge in [-0.1, -0.05) is 15.9 Å². The van der Waals surface area contributed by atoms with Crippen LogP contribution in [0.2, 0.25) is 0 Å². The number of nitrogens with one attached hydrogen (secondary N) is 1. The second-order valence-corrected chi connectivity index (χ2v) is 6.87. The molecule has 2 heterocycles. The van der Waals surface area contributed by atoms with Crippen molar-refractivity contribution < 1.29 is 9.47 Å². The second-order valence-electron chi connectivity index (χ2n) is 5.07. The van der Waals surface area contributed by atoms with Gasteiger partial charge in [0.2, 0.25) is 0 Å². The van der Waals surface area contributed by atoms with Gasteiger partial charge in [0.1, 0.15) is 0 Å². The van der Waals surface area contributed by atoms with E-state index in [1.54, 1.807) is 14.2 Å². The van der Waals surface area contributed by atoms with Crippen molar-refractivity contribution in [1.29, 1.82) is 0 Å². The number of rotatable bonds is 4. The topological polar surface area (TPSA) is 30.5 Å². The molecule has 1 aromatic carbocycles. The van der Waals surface area contributed by atoms with Crippen molar-refractivity contribution in [1.82, 2.24) is 5.32 Å². The smallest absolute Gasteiger partial charge is 0.161 e. The van der Waals surface area contributed by atoms with Crippen LogP contribution in [0, 0.1) is 0 Å². The van der Waals surface area contributed by atoms with Crippen LogP contribution < -0.4 is 14.8 Å². The third kappa shape index (κ3) is 2.96. The van der Waals surface area contributed by atoms with E-state index in [2.05, 4.69) is 38.8 Å². The standard InChI is InChI=1S/C16H18BrNO2S/c1-19-14-8-11(12(17)9-15(14)20-2)7-13-16-10(3-5-18-13)4-6-21-16/h4,6,8-9,13,18H,3,5,7H2,1-2H3. The molecule has 0 amide bonds. The summed E-state index contributed by atoms with van der Waals surface area (Å²) in [5.74, 6) is 1.53. The molecule has 1 unspecified atom stereocenters. The molecule has 0 fully saturated rings. The Morgan fingerprint density at radius 3 is 2.81 bits per heavy atom. The molecule has 3 rings (SSSR count). The SMILES string of the molecule is COc1cc(Br)c(CC2NCCc3ccsc32)cc1OC. The molecule has 1 aliphatic heterocycles. The highest BCUT2D eigenvalue weighted by Crippen LogP contribution is 2.37. The molecular weight excluding hydrogens is 350 g/mol. The molecule has 0 saturated heterocycles. The third-order valence-corrected chi connectivity index (χ3v) is 5.67. The predicted molar refractivity (Wildman–Crippen MR) is 89.7 cm³/mol. The van der Waals surface area contributed by atoms with Crippen molar-refractivity contribution >= 4 is 27.3 Å². The fraction of sp³-hybridized carbons (Fsp3) is 0.375. The van der Waals surface area contributed by atoms with Crippen molar-refractivity contribution in [3.8, 4) is 11.5 Å². The van der Waals surface area contributed by atoms with Gasteiger partial charge in [-0.2, -0.15) is 0 Å². The predicted octanol–water partition coefficient (Wildman–Crippen LogP) is 3.96. The fourth-order valence-corrected chi connectivity index (χ4v) is 4.29. The molecule has 1 aromatic heterocycles. The Morgan fingerprint density at radius 1 is 1.29 bits per heavy atom. The molecule has 1 atom stereocenters. The van der Waals surface area contributed by atoms with Crippen molar-refractivity contribution in [3.63, 3.8) is 0 Å². The average molecular weight is 368 g/mol. The summed E-state index contributed by atoms with van der Waals surface area (Å²) in [5.41, 5.74) is 2.71. The second kappa shape index (κ2) is 6.38. The lowest BCUT2D eigenvalue weighted by Gasteiger charge is -2.25. The first-order valence-corrected chi connectivity index (χ1v) is 8.60. The molecule has 0 spiro atoms. The van der Waals surface area contributed by atoms with Gasteiger partial charge in [0.15, 0.2) is 11.5 Å². The largest absolute Gasteiger partial charge is 0.493 e. The maximum absolute atomic E-state index is 5.41. The molecule has 21 heavy (non-hydrogen) atoms. The van der Waals surface area contributed by atoms with E-state index < -0.39 is 0 Å². The Hall–Kier alpha value is -1.04. The highest BCUT2D eigenvalue weighted by molar-refractivity contribution is 9.10. The minimum atomic E-state index is 0.378. The van der Waals surface area contributed by atoms with Gasteiger partial charge in [0, 0.05) is 15.4 Å². The minimum absolute atomic E-state index is 0.378. The number of thiophene rings is 1. The highest BCUT2D eigenvalue weighted by Gasteiger charge is 2.22. The van der Waals surface area contributed by atoms with Crippen LogP contribution in [0.25, 0.3) is 0 Å². The molecule has 1 aliphatic rings. The summed E-state index contributed by atoms with van der Waals surface area (Å²) in [6, 6.07) is 6.67. The lowest BCUT2D eigenvalue weighted by molar-refractivity contribution is 0.354. The zero-order valence-electron chi connectivity index (χ0n) is 12.1. The zero-order chi connectivity index (χ0) is 14.8. The Bertz CT molecular complexity index is 641. The van der Waals surface area contributed by atoms with Crippen LogP contribution in [0.4, 0.5) is 0 Å². The normalized spacial score (nSPS) is 17.4. The number of halogens is 1. The number of methoxy groups -OCH3 is 2. The summed E-state index contributed by atoms with van der Waals surface area (Å²) in [5, 5.41) is 5.81. The number of hydrogen-bond acceptors (Lipinski definition) is 4. The number of hydrogen-bond donors (Lipinski definition) is 1.